The van der Waals surface area contributed by atoms with Gasteiger partial charge in [0.05, 0.1) is 23.4 Å². The smallest absolute Gasteiger partial charge is 0.415 e. The number of allylic oxidation sites excluding steroid dienone is 1. The maximum atomic E-state index is 13.1. The molecule has 1 aliphatic rings. The van der Waals surface area contributed by atoms with Gasteiger partial charge in [-0.3, -0.25) is 0 Å². The number of rotatable bonds is 5. The summed E-state index contributed by atoms with van der Waals surface area (Å²) in [5.74, 6) is -0.491. The molecule has 0 spiro atoms. The lowest BCUT2D eigenvalue weighted by molar-refractivity contribution is 0.0619. The van der Waals surface area contributed by atoms with Crippen LogP contribution in [-0.4, -0.2) is 42.4 Å². The minimum Gasteiger partial charge on any atom is -0.508 e. The zero-order valence-electron chi connectivity index (χ0n) is 17.8. The van der Waals surface area contributed by atoms with E-state index in [0.717, 1.165) is 35.2 Å². The van der Waals surface area contributed by atoms with Gasteiger partial charge < -0.3 is 19.9 Å². The standard InChI is InChI=1S/C25H24N2O5/c1-31-14-13-26-25(30)32-24(29)22-19-6-2-3-8-21(19)27-23-17(5-4-7-20(22)23)15-16-9-11-18(28)12-10-16/h2-3,6,8-12,15,28H,4-5,7,13-14H2,1H3,(H,26,30). The number of phenolic OH excluding ortho intramolecular Hbond substituents is 1. The number of aromatic nitrogens is 1. The van der Waals surface area contributed by atoms with Crippen molar-refractivity contribution in [2.24, 2.45) is 0 Å². The lowest BCUT2D eigenvalue weighted by Crippen LogP contribution is -2.30. The van der Waals surface area contributed by atoms with Gasteiger partial charge in [-0.2, -0.15) is 0 Å². The van der Waals surface area contributed by atoms with Crippen molar-refractivity contribution in [3.63, 3.8) is 0 Å². The molecule has 7 heteroatoms. The number of hydrogen-bond acceptors (Lipinski definition) is 6. The van der Waals surface area contributed by atoms with Crippen molar-refractivity contribution >= 4 is 34.6 Å². The average Bonchev–Trinajstić information content (AvgIpc) is 2.79. The summed E-state index contributed by atoms with van der Waals surface area (Å²) < 4.78 is 10.0. The fourth-order valence-corrected chi connectivity index (χ4v) is 3.91. The number of fused-ring (bicyclic) bond motifs is 2. The fourth-order valence-electron chi connectivity index (χ4n) is 3.91. The third-order valence-corrected chi connectivity index (χ3v) is 5.37. The molecule has 32 heavy (non-hydrogen) atoms. The van der Waals surface area contributed by atoms with E-state index in [0.29, 0.717) is 29.5 Å². The number of benzene rings is 2. The highest BCUT2D eigenvalue weighted by molar-refractivity contribution is 6.09. The van der Waals surface area contributed by atoms with Crippen molar-refractivity contribution in [1.29, 1.82) is 0 Å². The molecule has 1 amide bonds. The number of hydrogen-bond donors (Lipinski definition) is 2. The topological polar surface area (TPSA) is 97.8 Å². The van der Waals surface area contributed by atoms with Gasteiger partial charge in [-0.25, -0.2) is 14.6 Å². The maximum Gasteiger partial charge on any atom is 0.415 e. The molecule has 0 bridgehead atoms. The van der Waals surface area contributed by atoms with E-state index in [1.807, 2.05) is 42.5 Å². The number of phenols is 1. The van der Waals surface area contributed by atoms with E-state index in [9.17, 15) is 14.7 Å². The lowest BCUT2D eigenvalue weighted by Gasteiger charge is -2.22. The molecule has 1 heterocycles. The van der Waals surface area contributed by atoms with E-state index in [2.05, 4.69) is 5.32 Å². The number of nitrogens with one attached hydrogen (secondary N) is 1. The lowest BCUT2D eigenvalue weighted by atomic mass is 9.86. The Morgan fingerprint density at radius 3 is 2.69 bits per heavy atom. The Balaban J connectivity index is 1.76. The number of ether oxygens (including phenoxy) is 2. The summed E-state index contributed by atoms with van der Waals surface area (Å²) in [6.07, 6.45) is 3.53. The molecule has 0 radical (unpaired) electrons. The van der Waals surface area contributed by atoms with Crippen LogP contribution in [0, 0.1) is 0 Å². The van der Waals surface area contributed by atoms with Gasteiger partial charge in [0.2, 0.25) is 0 Å². The minimum absolute atomic E-state index is 0.203. The molecular weight excluding hydrogens is 408 g/mol. The van der Waals surface area contributed by atoms with Crippen LogP contribution < -0.4 is 5.32 Å². The van der Waals surface area contributed by atoms with E-state index < -0.39 is 12.1 Å². The van der Waals surface area contributed by atoms with E-state index in [1.165, 1.54) is 7.11 Å². The molecule has 0 unspecified atom stereocenters. The third kappa shape index (κ3) is 4.63. The molecule has 0 atom stereocenters. The van der Waals surface area contributed by atoms with Gasteiger partial charge in [-0.1, -0.05) is 30.3 Å². The van der Waals surface area contributed by atoms with Crippen LogP contribution in [0.5, 0.6) is 5.75 Å². The van der Waals surface area contributed by atoms with Gasteiger partial charge in [0.25, 0.3) is 0 Å². The Morgan fingerprint density at radius 2 is 1.91 bits per heavy atom. The molecule has 0 fully saturated rings. The molecule has 1 aromatic heterocycles. The Bertz CT molecular complexity index is 1180. The van der Waals surface area contributed by atoms with Crippen LogP contribution in [0.4, 0.5) is 4.79 Å². The molecule has 7 nitrogen and oxygen atoms in total. The molecule has 2 aromatic carbocycles. The number of carbonyl (C=O) groups excluding carboxylic acids is 2. The molecule has 0 aliphatic heterocycles. The Labute approximate surface area is 185 Å². The van der Waals surface area contributed by atoms with Crippen LogP contribution >= 0.6 is 0 Å². The van der Waals surface area contributed by atoms with Crippen LogP contribution in [-0.2, 0) is 15.9 Å². The number of aromatic hydroxyl groups is 1. The van der Waals surface area contributed by atoms with Crippen molar-refractivity contribution in [2.75, 3.05) is 20.3 Å². The van der Waals surface area contributed by atoms with E-state index >= 15 is 0 Å². The van der Waals surface area contributed by atoms with E-state index in [4.69, 9.17) is 14.5 Å². The maximum absolute atomic E-state index is 13.1. The number of para-hydroxylation sites is 1. The van der Waals surface area contributed by atoms with Crippen LogP contribution in [0.25, 0.3) is 22.6 Å². The molecule has 164 valence electrons. The van der Waals surface area contributed by atoms with Gasteiger partial charge >= 0.3 is 12.1 Å². The fraction of sp³-hybridized carbons (Fsp3) is 0.240. The van der Waals surface area contributed by atoms with Crippen molar-refractivity contribution in [3.05, 3.63) is 70.9 Å². The molecule has 0 saturated carbocycles. The molecule has 4 rings (SSSR count). The summed E-state index contributed by atoms with van der Waals surface area (Å²) in [4.78, 5) is 30.0. The number of nitrogens with zero attached hydrogens (tertiary/aromatic N) is 1. The highest BCUT2D eigenvalue weighted by Gasteiger charge is 2.27. The second kappa shape index (κ2) is 9.62. The van der Waals surface area contributed by atoms with E-state index in [1.54, 1.807) is 12.1 Å². The van der Waals surface area contributed by atoms with Crippen LogP contribution in [0.2, 0.25) is 0 Å². The predicted molar refractivity (Wildman–Crippen MR) is 121 cm³/mol. The second-order valence-corrected chi connectivity index (χ2v) is 7.54. The van der Waals surface area contributed by atoms with Crippen LogP contribution in [0.3, 0.4) is 0 Å². The molecule has 2 N–H and O–H groups in total. The van der Waals surface area contributed by atoms with Crippen LogP contribution in [0.1, 0.15) is 40.0 Å². The molecular formula is C25H24N2O5. The highest BCUT2D eigenvalue weighted by atomic mass is 16.6. The van der Waals surface area contributed by atoms with Gasteiger partial charge in [0, 0.05) is 19.0 Å². The molecule has 1 aliphatic carbocycles. The van der Waals surface area contributed by atoms with Crippen molar-refractivity contribution in [3.8, 4) is 5.75 Å². The Hall–Kier alpha value is -3.71. The van der Waals surface area contributed by atoms with Gasteiger partial charge in [0.15, 0.2) is 0 Å². The van der Waals surface area contributed by atoms with Crippen molar-refractivity contribution in [2.45, 2.75) is 19.3 Å². The zero-order valence-corrected chi connectivity index (χ0v) is 17.8. The average molecular weight is 432 g/mol. The summed E-state index contributed by atoms with van der Waals surface area (Å²) in [6, 6.07) is 14.3. The number of carbonyl (C=O) groups is 2. The Kier molecular flexibility index (Phi) is 6.47. The predicted octanol–water partition coefficient (Wildman–Crippen LogP) is 4.33. The number of pyridine rings is 1. The normalized spacial score (nSPS) is 14.2. The number of esters is 1. The summed E-state index contributed by atoms with van der Waals surface area (Å²) in [5.41, 5.74) is 4.51. The number of methoxy groups -OCH3 is 1. The van der Waals surface area contributed by atoms with Crippen molar-refractivity contribution < 1.29 is 24.2 Å². The monoisotopic (exact) mass is 432 g/mol. The summed E-state index contributed by atoms with van der Waals surface area (Å²) in [5, 5.41) is 12.7. The number of amides is 1. The van der Waals surface area contributed by atoms with Gasteiger partial charge in [-0.15, -0.1) is 0 Å². The highest BCUT2D eigenvalue weighted by Crippen LogP contribution is 2.36. The largest absolute Gasteiger partial charge is 0.508 e. The first-order chi connectivity index (χ1) is 15.6. The SMILES string of the molecule is COCCNC(=O)OC(=O)c1c2c(nc3ccccc13)C(=Cc1ccc(O)cc1)CCC2. The molecule has 0 saturated heterocycles. The minimum atomic E-state index is -0.808. The molecule has 3 aromatic rings. The van der Waals surface area contributed by atoms with Crippen molar-refractivity contribution in [1.82, 2.24) is 10.3 Å². The van der Waals surface area contributed by atoms with Gasteiger partial charge in [-0.05, 0) is 60.2 Å². The Morgan fingerprint density at radius 1 is 1.12 bits per heavy atom. The van der Waals surface area contributed by atoms with Gasteiger partial charge in [0.1, 0.15) is 5.75 Å². The first-order valence-electron chi connectivity index (χ1n) is 10.5. The number of alkyl carbamates (subject to hydrolysis) is 1. The first-order valence-corrected chi connectivity index (χ1v) is 10.5. The second-order valence-electron chi connectivity index (χ2n) is 7.54. The van der Waals surface area contributed by atoms with E-state index in [-0.39, 0.29) is 12.3 Å². The summed E-state index contributed by atoms with van der Waals surface area (Å²) in [6.45, 7) is 0.569. The first kappa shape index (κ1) is 21.5. The summed E-state index contributed by atoms with van der Waals surface area (Å²) >= 11 is 0. The third-order valence-electron chi connectivity index (χ3n) is 5.37. The summed E-state index contributed by atoms with van der Waals surface area (Å²) in [7, 11) is 1.52. The quantitative estimate of drug-likeness (QED) is 0.354. The van der Waals surface area contributed by atoms with Crippen LogP contribution in [0.15, 0.2) is 48.5 Å². The zero-order chi connectivity index (χ0) is 22.5.